The molecule has 1 nitrogen and oxygen atoms in total. The van der Waals surface area contributed by atoms with Crippen molar-refractivity contribution in [1.82, 2.24) is 0 Å². The van der Waals surface area contributed by atoms with Crippen molar-refractivity contribution in [2.24, 2.45) is 56.2 Å². The van der Waals surface area contributed by atoms with Crippen LogP contribution >= 0.6 is 0 Å². The molecule has 9 atom stereocenters. The maximum Gasteiger partial charge on any atom is 0.0576 e. The third-order valence-electron chi connectivity index (χ3n) is 13.5. The second kappa shape index (κ2) is 6.55. The number of rotatable bonds is 0. The first-order valence-corrected chi connectivity index (χ1v) is 13.9. The van der Waals surface area contributed by atoms with E-state index in [2.05, 4.69) is 55.4 Å². The van der Waals surface area contributed by atoms with Gasteiger partial charge in [0.2, 0.25) is 0 Å². The molecule has 0 heterocycles. The quantitative estimate of drug-likeness (QED) is 0.412. The number of aliphatic hydroxyl groups excluding tert-OH is 1. The Morgan fingerprint density at radius 2 is 1.23 bits per heavy atom. The summed E-state index contributed by atoms with van der Waals surface area (Å²) in [7, 11) is 0. The SMILES string of the molecule is CC1(C)CC[C@]2(C)CC[C@@]3(C)[C@H]4CC[C@@H]5[C@H]([C@H](O)CCC5(C)C)[C@@]4(C)CC[C@@]3(C)[C@H]2C1. The van der Waals surface area contributed by atoms with Crippen LogP contribution in [0.25, 0.3) is 0 Å². The molecule has 178 valence electrons. The second-order valence-corrected chi connectivity index (χ2v) is 15.8. The van der Waals surface area contributed by atoms with Crippen molar-refractivity contribution >= 4 is 0 Å². The normalized spacial score (nSPS) is 57.8. The Morgan fingerprint density at radius 3 is 1.94 bits per heavy atom. The molecule has 0 unspecified atom stereocenters. The van der Waals surface area contributed by atoms with E-state index < -0.39 is 0 Å². The average molecular weight is 429 g/mol. The number of fused-ring (bicyclic) bond motifs is 7. The standard InChI is InChI=1S/C30H52O/c1-25(2)13-14-27(5)15-17-29(7)22-10-9-20-24(21(31)11-12-26(20,3)4)28(22,6)16-18-30(29,8)23(27)19-25/h20-24,31H,9-19H2,1-8H3/t20-,21-,22+,23+,24-,27-,28+,29+,30+/m1/s1. The lowest BCUT2D eigenvalue weighted by molar-refractivity contribution is -0.261. The van der Waals surface area contributed by atoms with Gasteiger partial charge in [-0.15, -0.1) is 0 Å². The first-order valence-electron chi connectivity index (χ1n) is 13.9. The van der Waals surface area contributed by atoms with Crippen LogP contribution in [-0.2, 0) is 0 Å². The Morgan fingerprint density at radius 1 is 0.613 bits per heavy atom. The molecule has 31 heavy (non-hydrogen) atoms. The molecule has 5 aliphatic carbocycles. The Balaban J connectivity index is 1.55. The van der Waals surface area contributed by atoms with Crippen molar-refractivity contribution in [2.75, 3.05) is 0 Å². The van der Waals surface area contributed by atoms with Gasteiger partial charge in [-0.25, -0.2) is 0 Å². The molecule has 0 saturated heterocycles. The molecule has 0 aromatic carbocycles. The zero-order valence-corrected chi connectivity index (χ0v) is 22.1. The van der Waals surface area contributed by atoms with E-state index in [0.717, 1.165) is 18.3 Å². The molecule has 0 amide bonds. The van der Waals surface area contributed by atoms with Gasteiger partial charge in [-0.1, -0.05) is 55.4 Å². The van der Waals surface area contributed by atoms with Crippen molar-refractivity contribution < 1.29 is 5.11 Å². The summed E-state index contributed by atoms with van der Waals surface area (Å²) in [6.07, 6.45) is 14.8. The summed E-state index contributed by atoms with van der Waals surface area (Å²) in [6.45, 7) is 20.9. The fourth-order valence-electron chi connectivity index (χ4n) is 11.2. The largest absolute Gasteiger partial charge is 0.393 e. The van der Waals surface area contributed by atoms with E-state index in [1.54, 1.807) is 0 Å². The monoisotopic (exact) mass is 428 g/mol. The minimum atomic E-state index is -0.0683. The number of hydrogen-bond acceptors (Lipinski definition) is 1. The zero-order valence-electron chi connectivity index (χ0n) is 22.1. The fraction of sp³-hybridized carbons (Fsp3) is 1.00. The fourth-order valence-corrected chi connectivity index (χ4v) is 11.2. The molecule has 5 rings (SSSR count). The minimum Gasteiger partial charge on any atom is -0.393 e. The molecule has 0 aliphatic heterocycles. The number of hydrogen-bond donors (Lipinski definition) is 1. The van der Waals surface area contributed by atoms with Gasteiger partial charge in [0, 0.05) is 0 Å². The van der Waals surface area contributed by atoms with Gasteiger partial charge in [0.05, 0.1) is 6.10 Å². The van der Waals surface area contributed by atoms with Crippen LogP contribution in [-0.4, -0.2) is 11.2 Å². The van der Waals surface area contributed by atoms with Crippen LogP contribution in [0.5, 0.6) is 0 Å². The van der Waals surface area contributed by atoms with E-state index in [4.69, 9.17) is 0 Å². The predicted molar refractivity (Wildman–Crippen MR) is 131 cm³/mol. The molecule has 1 N–H and O–H groups in total. The van der Waals surface area contributed by atoms with Gasteiger partial charge >= 0.3 is 0 Å². The summed E-state index contributed by atoms with van der Waals surface area (Å²) in [5, 5.41) is 11.4. The Kier molecular flexibility index (Phi) is 4.80. The molecule has 1 heteroatoms. The van der Waals surface area contributed by atoms with Gasteiger partial charge in [-0.3, -0.25) is 0 Å². The summed E-state index contributed by atoms with van der Waals surface area (Å²) >= 11 is 0. The summed E-state index contributed by atoms with van der Waals surface area (Å²) < 4.78 is 0. The molecule has 5 saturated carbocycles. The van der Waals surface area contributed by atoms with Gasteiger partial charge in [0.1, 0.15) is 0 Å². The van der Waals surface area contributed by atoms with Crippen LogP contribution in [0.4, 0.5) is 0 Å². The van der Waals surface area contributed by atoms with E-state index in [9.17, 15) is 5.11 Å². The van der Waals surface area contributed by atoms with Crippen LogP contribution in [0.3, 0.4) is 0 Å². The molecular formula is C30H52O. The van der Waals surface area contributed by atoms with Crippen molar-refractivity contribution in [3.8, 4) is 0 Å². The van der Waals surface area contributed by atoms with E-state index in [1.807, 2.05) is 0 Å². The van der Waals surface area contributed by atoms with E-state index in [-0.39, 0.29) is 6.10 Å². The molecule has 5 aliphatic rings. The van der Waals surface area contributed by atoms with Crippen LogP contribution in [0, 0.1) is 56.2 Å². The van der Waals surface area contributed by atoms with Crippen LogP contribution in [0.15, 0.2) is 0 Å². The molecular weight excluding hydrogens is 376 g/mol. The summed E-state index contributed by atoms with van der Waals surface area (Å²) in [6, 6.07) is 0. The number of aliphatic hydroxyl groups is 1. The Labute approximate surface area is 193 Å². The highest BCUT2D eigenvalue weighted by Gasteiger charge is 2.70. The minimum absolute atomic E-state index is 0.0683. The third-order valence-corrected chi connectivity index (χ3v) is 13.5. The summed E-state index contributed by atoms with van der Waals surface area (Å²) in [5.41, 5.74) is 2.69. The van der Waals surface area contributed by atoms with Crippen molar-refractivity contribution in [1.29, 1.82) is 0 Å². The lowest BCUT2D eigenvalue weighted by Gasteiger charge is -2.74. The first-order chi connectivity index (χ1) is 14.2. The lowest BCUT2D eigenvalue weighted by atomic mass is 9.30. The summed E-state index contributed by atoms with van der Waals surface area (Å²) in [5.74, 6) is 2.90. The van der Waals surface area contributed by atoms with Crippen molar-refractivity contribution in [3.05, 3.63) is 0 Å². The van der Waals surface area contributed by atoms with Gasteiger partial charge in [0.15, 0.2) is 0 Å². The van der Waals surface area contributed by atoms with Crippen LogP contribution in [0.1, 0.15) is 126 Å². The molecule has 0 spiro atoms. The molecule has 5 fully saturated rings. The third kappa shape index (κ3) is 2.89. The average Bonchev–Trinajstić information content (AvgIpc) is 2.68. The predicted octanol–water partition coefficient (Wildman–Crippen LogP) is 8.25. The maximum absolute atomic E-state index is 11.4. The molecule has 0 aromatic rings. The smallest absolute Gasteiger partial charge is 0.0576 e. The zero-order chi connectivity index (χ0) is 22.7. The summed E-state index contributed by atoms with van der Waals surface area (Å²) in [4.78, 5) is 0. The maximum atomic E-state index is 11.4. The van der Waals surface area contributed by atoms with Crippen LogP contribution < -0.4 is 0 Å². The van der Waals surface area contributed by atoms with Gasteiger partial charge < -0.3 is 5.11 Å². The van der Waals surface area contributed by atoms with E-state index in [1.165, 1.54) is 64.2 Å². The van der Waals surface area contributed by atoms with Crippen molar-refractivity contribution in [2.45, 2.75) is 132 Å². The molecule has 0 aromatic heterocycles. The highest BCUT2D eigenvalue weighted by molar-refractivity contribution is 5.19. The van der Waals surface area contributed by atoms with Crippen LogP contribution in [0.2, 0.25) is 0 Å². The molecule has 0 radical (unpaired) electrons. The topological polar surface area (TPSA) is 20.2 Å². The van der Waals surface area contributed by atoms with Gasteiger partial charge in [-0.05, 0) is 127 Å². The van der Waals surface area contributed by atoms with Gasteiger partial charge in [-0.2, -0.15) is 0 Å². The lowest BCUT2D eigenvalue weighted by Crippen LogP contribution is -2.67. The first kappa shape index (κ1) is 22.7. The van der Waals surface area contributed by atoms with Crippen molar-refractivity contribution in [3.63, 3.8) is 0 Å². The van der Waals surface area contributed by atoms with E-state index >= 15 is 0 Å². The van der Waals surface area contributed by atoms with Gasteiger partial charge in [0.25, 0.3) is 0 Å². The molecule has 0 bridgehead atoms. The highest BCUT2D eigenvalue weighted by Crippen LogP contribution is 2.77. The Hall–Kier alpha value is -0.0400. The van der Waals surface area contributed by atoms with E-state index in [0.29, 0.717) is 44.3 Å². The second-order valence-electron chi connectivity index (χ2n) is 15.8. The Bertz CT molecular complexity index is 737. The highest BCUT2D eigenvalue weighted by atomic mass is 16.3.